The highest BCUT2D eigenvalue weighted by molar-refractivity contribution is 14.0. The maximum Gasteiger partial charge on any atom is 0.191 e. The van der Waals surface area contributed by atoms with E-state index < -0.39 is 0 Å². The van der Waals surface area contributed by atoms with Crippen molar-refractivity contribution in [2.45, 2.75) is 25.7 Å². The van der Waals surface area contributed by atoms with E-state index in [-0.39, 0.29) is 29.4 Å². The van der Waals surface area contributed by atoms with Crippen LogP contribution in [0.4, 0.5) is 0 Å². The smallest absolute Gasteiger partial charge is 0.191 e. The molecule has 0 aliphatic heterocycles. The molecule has 0 saturated heterocycles. The maximum atomic E-state index is 5.46. The topological polar surface area (TPSA) is 72.7 Å². The van der Waals surface area contributed by atoms with Gasteiger partial charge < -0.3 is 20.1 Å². The van der Waals surface area contributed by atoms with Crippen LogP contribution in [-0.4, -0.2) is 50.1 Å². The van der Waals surface area contributed by atoms with Crippen molar-refractivity contribution in [3.8, 4) is 17.2 Å². The fraction of sp³-hybridized carbons (Fsp3) is 0.360. The number of ether oxygens (including phenoxy) is 2. The SMILES string of the molecule is CN=C(NCCc1ccc(-n2cccn2)cc1)NCC(C)(C)c1ccc(OC)c(OC)c1.I. The number of hydrogen-bond acceptors (Lipinski definition) is 4. The lowest BCUT2D eigenvalue weighted by atomic mass is 9.84. The van der Waals surface area contributed by atoms with Gasteiger partial charge in [0.05, 0.1) is 19.9 Å². The molecule has 0 unspecified atom stereocenters. The van der Waals surface area contributed by atoms with Crippen molar-refractivity contribution < 1.29 is 9.47 Å². The summed E-state index contributed by atoms with van der Waals surface area (Å²) in [6.07, 6.45) is 4.62. The van der Waals surface area contributed by atoms with Gasteiger partial charge in [0.25, 0.3) is 0 Å². The summed E-state index contributed by atoms with van der Waals surface area (Å²) < 4.78 is 12.7. The molecule has 0 amide bonds. The first-order valence-electron chi connectivity index (χ1n) is 10.7. The van der Waals surface area contributed by atoms with Crippen molar-refractivity contribution in [1.29, 1.82) is 0 Å². The van der Waals surface area contributed by atoms with Gasteiger partial charge in [-0.05, 0) is 47.9 Å². The molecule has 1 aromatic heterocycles. The monoisotopic (exact) mass is 563 g/mol. The zero-order valence-electron chi connectivity index (χ0n) is 20.0. The predicted molar refractivity (Wildman–Crippen MR) is 145 cm³/mol. The molecular weight excluding hydrogens is 529 g/mol. The number of halogens is 1. The van der Waals surface area contributed by atoms with Crippen LogP contribution in [0, 0.1) is 0 Å². The van der Waals surface area contributed by atoms with E-state index in [9.17, 15) is 0 Å². The van der Waals surface area contributed by atoms with E-state index in [1.165, 1.54) is 5.56 Å². The highest BCUT2D eigenvalue weighted by Crippen LogP contribution is 2.32. The Hall–Kier alpha value is -2.75. The van der Waals surface area contributed by atoms with E-state index in [1.807, 2.05) is 29.1 Å². The summed E-state index contributed by atoms with van der Waals surface area (Å²) in [4.78, 5) is 4.36. The number of rotatable bonds is 9. The first-order valence-corrected chi connectivity index (χ1v) is 10.7. The largest absolute Gasteiger partial charge is 0.493 e. The number of aliphatic imine (C=N–C) groups is 1. The van der Waals surface area contributed by atoms with Gasteiger partial charge in [0.2, 0.25) is 0 Å². The van der Waals surface area contributed by atoms with Gasteiger partial charge in [-0.3, -0.25) is 4.99 Å². The van der Waals surface area contributed by atoms with Gasteiger partial charge in [-0.2, -0.15) is 5.10 Å². The third kappa shape index (κ3) is 7.12. The van der Waals surface area contributed by atoms with Crippen molar-refractivity contribution >= 4 is 29.9 Å². The highest BCUT2D eigenvalue weighted by Gasteiger charge is 2.22. The fourth-order valence-corrected chi connectivity index (χ4v) is 3.45. The summed E-state index contributed by atoms with van der Waals surface area (Å²) in [5.41, 5.74) is 3.35. The summed E-state index contributed by atoms with van der Waals surface area (Å²) in [6.45, 7) is 5.89. The first kappa shape index (κ1) is 26.5. The number of aromatic nitrogens is 2. The lowest BCUT2D eigenvalue weighted by Crippen LogP contribution is -2.44. The van der Waals surface area contributed by atoms with Crippen LogP contribution in [0.5, 0.6) is 11.5 Å². The van der Waals surface area contributed by atoms with Gasteiger partial charge in [-0.25, -0.2) is 4.68 Å². The summed E-state index contributed by atoms with van der Waals surface area (Å²) >= 11 is 0. The van der Waals surface area contributed by atoms with Crippen LogP contribution in [0.25, 0.3) is 5.69 Å². The van der Waals surface area contributed by atoms with Gasteiger partial charge in [0, 0.05) is 37.9 Å². The van der Waals surface area contributed by atoms with Crippen LogP contribution in [-0.2, 0) is 11.8 Å². The van der Waals surface area contributed by atoms with E-state index in [0.717, 1.165) is 48.2 Å². The molecule has 0 saturated carbocycles. The normalized spacial score (nSPS) is 11.5. The standard InChI is InChI=1S/C25H33N5O2.HI/c1-25(2,20-9-12-22(31-4)23(17-20)32-5)18-28-24(26-3)27-15-13-19-7-10-21(11-8-19)30-16-6-14-29-30;/h6-12,14,16-17H,13,15,18H2,1-5H3,(H2,26,27,28);1H. The molecule has 2 N–H and O–H groups in total. The lowest BCUT2D eigenvalue weighted by Gasteiger charge is -2.27. The summed E-state index contributed by atoms with van der Waals surface area (Å²) in [5, 5.41) is 11.1. The zero-order chi connectivity index (χ0) is 23.0. The molecule has 0 fully saturated rings. The number of hydrogen-bond donors (Lipinski definition) is 2. The van der Waals surface area contributed by atoms with E-state index in [0.29, 0.717) is 0 Å². The third-order valence-corrected chi connectivity index (χ3v) is 5.50. The zero-order valence-corrected chi connectivity index (χ0v) is 22.3. The number of guanidine groups is 1. The molecule has 1 heterocycles. The van der Waals surface area contributed by atoms with Gasteiger partial charge >= 0.3 is 0 Å². The Bertz CT molecular complexity index is 1020. The van der Waals surface area contributed by atoms with Gasteiger partial charge in [0.1, 0.15) is 0 Å². The minimum atomic E-state index is -0.125. The predicted octanol–water partition coefficient (Wildman–Crippen LogP) is 4.19. The summed E-state index contributed by atoms with van der Waals surface area (Å²) in [6, 6.07) is 16.4. The number of nitrogens with one attached hydrogen (secondary N) is 2. The van der Waals surface area contributed by atoms with Crippen molar-refractivity contribution in [2.24, 2.45) is 4.99 Å². The molecule has 3 rings (SSSR count). The number of methoxy groups -OCH3 is 2. The summed E-state index contributed by atoms with van der Waals surface area (Å²) in [5.74, 6) is 2.25. The van der Waals surface area contributed by atoms with Gasteiger partial charge in [-0.15, -0.1) is 24.0 Å². The minimum Gasteiger partial charge on any atom is -0.493 e. The molecule has 3 aromatic rings. The van der Waals surface area contributed by atoms with Crippen molar-refractivity contribution in [3.63, 3.8) is 0 Å². The van der Waals surface area contributed by atoms with Crippen LogP contribution < -0.4 is 20.1 Å². The minimum absolute atomic E-state index is 0. The molecule has 0 radical (unpaired) electrons. The molecule has 0 aliphatic rings. The quantitative estimate of drug-likeness (QED) is 0.232. The van der Waals surface area contributed by atoms with Gasteiger partial charge in [-0.1, -0.05) is 32.0 Å². The molecule has 178 valence electrons. The Morgan fingerprint density at radius 1 is 1.03 bits per heavy atom. The maximum absolute atomic E-state index is 5.46. The molecular formula is C25H34IN5O2. The number of nitrogens with zero attached hydrogens (tertiary/aromatic N) is 3. The molecule has 0 aliphatic carbocycles. The molecule has 0 atom stereocenters. The Balaban J connectivity index is 0.00000385. The Morgan fingerprint density at radius 3 is 2.36 bits per heavy atom. The fourth-order valence-electron chi connectivity index (χ4n) is 3.45. The van der Waals surface area contributed by atoms with E-state index in [4.69, 9.17) is 9.47 Å². The highest BCUT2D eigenvalue weighted by atomic mass is 127. The number of benzene rings is 2. The second kappa shape index (κ2) is 12.5. The Kier molecular flexibility index (Phi) is 10.0. The second-order valence-electron chi connectivity index (χ2n) is 8.17. The molecule has 8 heteroatoms. The van der Waals surface area contributed by atoms with Crippen LogP contribution in [0.15, 0.2) is 65.9 Å². The summed E-state index contributed by atoms with van der Waals surface area (Å²) in [7, 11) is 5.09. The average molecular weight is 563 g/mol. The van der Waals surface area contributed by atoms with Crippen molar-refractivity contribution in [3.05, 3.63) is 72.1 Å². The molecule has 0 bridgehead atoms. The van der Waals surface area contributed by atoms with Crippen molar-refractivity contribution in [1.82, 2.24) is 20.4 Å². The van der Waals surface area contributed by atoms with Crippen LogP contribution in [0.3, 0.4) is 0 Å². The lowest BCUT2D eigenvalue weighted by molar-refractivity contribution is 0.353. The van der Waals surface area contributed by atoms with E-state index >= 15 is 0 Å². The van der Waals surface area contributed by atoms with E-state index in [2.05, 4.69) is 64.9 Å². The average Bonchev–Trinajstić information content (AvgIpc) is 3.36. The Labute approximate surface area is 213 Å². The van der Waals surface area contributed by atoms with Crippen molar-refractivity contribution in [2.75, 3.05) is 34.4 Å². The molecule has 2 aromatic carbocycles. The molecule has 7 nitrogen and oxygen atoms in total. The third-order valence-electron chi connectivity index (χ3n) is 5.50. The van der Waals surface area contributed by atoms with Crippen LogP contribution in [0.2, 0.25) is 0 Å². The van der Waals surface area contributed by atoms with E-state index in [1.54, 1.807) is 27.5 Å². The van der Waals surface area contributed by atoms with Crippen LogP contribution >= 0.6 is 24.0 Å². The van der Waals surface area contributed by atoms with Gasteiger partial charge in [0.15, 0.2) is 17.5 Å². The second-order valence-corrected chi connectivity index (χ2v) is 8.17. The Morgan fingerprint density at radius 2 is 1.76 bits per heavy atom. The molecule has 0 spiro atoms. The van der Waals surface area contributed by atoms with Crippen LogP contribution in [0.1, 0.15) is 25.0 Å². The first-order chi connectivity index (χ1) is 15.5. The molecule has 33 heavy (non-hydrogen) atoms.